The minimum Gasteiger partial charge on any atom is -0.367 e. The number of nitrogens with one attached hydrogen (secondary N) is 1. The summed E-state index contributed by atoms with van der Waals surface area (Å²) in [5, 5.41) is 7.81. The zero-order valence-electron chi connectivity index (χ0n) is 9.89. The van der Waals surface area contributed by atoms with Gasteiger partial charge < -0.3 is 10.2 Å². The Kier molecular flexibility index (Phi) is 2.59. The van der Waals surface area contributed by atoms with Crippen LogP contribution in [0.4, 0.5) is 5.82 Å². The maximum absolute atomic E-state index is 4.19. The molecule has 1 aromatic rings. The van der Waals surface area contributed by atoms with E-state index < -0.39 is 0 Å². The monoisotopic (exact) mass is 220 g/mol. The molecule has 2 unspecified atom stereocenters. The highest BCUT2D eigenvalue weighted by atomic mass is 15.3. The normalized spacial score (nSPS) is 30.3. The predicted octanol–water partition coefficient (Wildman–Crippen LogP) is 1.46. The van der Waals surface area contributed by atoms with Gasteiger partial charge in [-0.1, -0.05) is 0 Å². The van der Waals surface area contributed by atoms with Crippen molar-refractivity contribution in [3.8, 4) is 0 Å². The van der Waals surface area contributed by atoms with E-state index in [1.54, 1.807) is 0 Å². The molecule has 1 N–H and O–H groups in total. The second-order valence-corrected chi connectivity index (χ2v) is 5.04. The van der Waals surface area contributed by atoms with Crippen LogP contribution in [0, 0.1) is 0 Å². The Morgan fingerprint density at radius 1 is 1.38 bits per heavy atom. The van der Waals surface area contributed by atoms with Crippen LogP contribution in [0.5, 0.6) is 0 Å². The van der Waals surface area contributed by atoms with Gasteiger partial charge in [-0.15, -0.1) is 0 Å². The first kappa shape index (κ1) is 10.1. The average Bonchev–Trinajstić information content (AvgIpc) is 2.88. The minimum absolute atomic E-state index is 0.634. The molecular formula is C12H20N4. The molecular weight excluding hydrogens is 200 g/mol. The number of hydrogen-bond acceptors (Lipinski definition) is 3. The summed E-state index contributed by atoms with van der Waals surface area (Å²) in [7, 11) is 1.99. The number of fused-ring (bicyclic) bond motifs is 1. The molecule has 2 aliphatic rings. The number of anilines is 1. The quantitative estimate of drug-likeness (QED) is 0.819. The van der Waals surface area contributed by atoms with E-state index in [0.29, 0.717) is 6.04 Å². The Bertz CT molecular complexity index is 360. The molecule has 0 aromatic carbocycles. The van der Waals surface area contributed by atoms with Gasteiger partial charge in [0.15, 0.2) is 0 Å². The van der Waals surface area contributed by atoms with Crippen molar-refractivity contribution in [2.24, 2.45) is 7.05 Å². The van der Waals surface area contributed by atoms with Crippen molar-refractivity contribution in [1.29, 1.82) is 0 Å². The maximum Gasteiger partial charge on any atom is 0.124 e. The summed E-state index contributed by atoms with van der Waals surface area (Å²) in [5.41, 5.74) is 0. The average molecular weight is 220 g/mol. The first-order valence-electron chi connectivity index (χ1n) is 6.31. The molecule has 3 rings (SSSR count). The standard InChI is InChI=1S/C12H20N4/c1-15-12(4-6-13-15)14-10-5-8-16-7-2-3-11(16)9-10/h4,6,10-11,14H,2-3,5,7-9H2,1H3. The molecule has 0 saturated carbocycles. The van der Waals surface area contributed by atoms with Crippen LogP contribution in [-0.4, -0.2) is 39.9 Å². The van der Waals surface area contributed by atoms with E-state index in [9.17, 15) is 0 Å². The molecule has 0 radical (unpaired) electrons. The van der Waals surface area contributed by atoms with Gasteiger partial charge in [-0.3, -0.25) is 4.68 Å². The third kappa shape index (κ3) is 1.82. The highest BCUT2D eigenvalue weighted by molar-refractivity contribution is 5.35. The molecule has 0 bridgehead atoms. The Balaban J connectivity index is 1.62. The van der Waals surface area contributed by atoms with Crippen molar-refractivity contribution in [3.05, 3.63) is 12.3 Å². The molecule has 2 saturated heterocycles. The summed E-state index contributed by atoms with van der Waals surface area (Å²) in [6.07, 6.45) is 7.20. The second kappa shape index (κ2) is 4.09. The van der Waals surface area contributed by atoms with Gasteiger partial charge in [-0.05, 0) is 32.2 Å². The van der Waals surface area contributed by atoms with E-state index in [1.165, 1.54) is 38.8 Å². The van der Waals surface area contributed by atoms with Crippen molar-refractivity contribution in [2.75, 3.05) is 18.4 Å². The van der Waals surface area contributed by atoms with Crippen LogP contribution >= 0.6 is 0 Å². The molecule has 2 fully saturated rings. The van der Waals surface area contributed by atoms with E-state index in [1.807, 2.05) is 17.9 Å². The first-order valence-corrected chi connectivity index (χ1v) is 6.31. The van der Waals surface area contributed by atoms with Gasteiger partial charge in [0.05, 0.1) is 6.20 Å². The number of rotatable bonds is 2. The number of aromatic nitrogens is 2. The predicted molar refractivity (Wildman–Crippen MR) is 64.4 cm³/mol. The molecule has 0 spiro atoms. The summed E-state index contributed by atoms with van der Waals surface area (Å²) in [5.74, 6) is 1.15. The van der Waals surface area contributed by atoms with Crippen molar-refractivity contribution < 1.29 is 0 Å². The van der Waals surface area contributed by atoms with Crippen LogP contribution in [0.3, 0.4) is 0 Å². The van der Waals surface area contributed by atoms with Crippen LogP contribution < -0.4 is 5.32 Å². The summed E-state index contributed by atoms with van der Waals surface area (Å²) < 4.78 is 1.92. The van der Waals surface area contributed by atoms with Crippen molar-refractivity contribution in [3.63, 3.8) is 0 Å². The third-order valence-corrected chi connectivity index (χ3v) is 3.99. The SMILES string of the molecule is Cn1nccc1NC1CCN2CCCC2C1. The number of piperidine rings is 1. The van der Waals surface area contributed by atoms with Crippen LogP contribution in [0.25, 0.3) is 0 Å². The number of nitrogens with zero attached hydrogens (tertiary/aromatic N) is 3. The van der Waals surface area contributed by atoms with Gasteiger partial charge in [-0.25, -0.2) is 0 Å². The lowest BCUT2D eigenvalue weighted by atomic mass is 9.98. The lowest BCUT2D eigenvalue weighted by molar-refractivity contribution is 0.188. The van der Waals surface area contributed by atoms with E-state index in [4.69, 9.17) is 0 Å². The van der Waals surface area contributed by atoms with Gasteiger partial charge >= 0.3 is 0 Å². The summed E-state index contributed by atoms with van der Waals surface area (Å²) in [6.45, 7) is 2.59. The summed E-state index contributed by atoms with van der Waals surface area (Å²) in [4.78, 5) is 2.65. The fourth-order valence-electron chi connectivity index (χ4n) is 3.08. The topological polar surface area (TPSA) is 33.1 Å². The summed E-state index contributed by atoms with van der Waals surface area (Å²) in [6, 6.07) is 3.52. The van der Waals surface area contributed by atoms with E-state index in [0.717, 1.165) is 11.9 Å². The molecule has 3 heterocycles. The zero-order chi connectivity index (χ0) is 11.0. The molecule has 0 aliphatic carbocycles. The smallest absolute Gasteiger partial charge is 0.124 e. The largest absolute Gasteiger partial charge is 0.367 e. The highest BCUT2D eigenvalue weighted by Gasteiger charge is 2.31. The van der Waals surface area contributed by atoms with E-state index >= 15 is 0 Å². The molecule has 88 valence electrons. The Morgan fingerprint density at radius 3 is 3.12 bits per heavy atom. The van der Waals surface area contributed by atoms with Gasteiger partial charge in [0.2, 0.25) is 0 Å². The molecule has 16 heavy (non-hydrogen) atoms. The number of aryl methyl sites for hydroxylation is 1. The minimum atomic E-state index is 0.634. The molecule has 1 aromatic heterocycles. The Morgan fingerprint density at radius 2 is 2.31 bits per heavy atom. The van der Waals surface area contributed by atoms with Crippen molar-refractivity contribution in [1.82, 2.24) is 14.7 Å². The zero-order valence-corrected chi connectivity index (χ0v) is 9.89. The fraction of sp³-hybridized carbons (Fsp3) is 0.750. The lowest BCUT2D eigenvalue weighted by Gasteiger charge is -2.35. The van der Waals surface area contributed by atoms with Crippen LogP contribution in [0.1, 0.15) is 25.7 Å². The Labute approximate surface area is 96.6 Å². The van der Waals surface area contributed by atoms with Gasteiger partial charge in [0.1, 0.15) is 5.82 Å². The molecule has 2 aliphatic heterocycles. The third-order valence-electron chi connectivity index (χ3n) is 3.99. The van der Waals surface area contributed by atoms with Gasteiger partial charge in [-0.2, -0.15) is 5.10 Å². The van der Waals surface area contributed by atoms with Crippen LogP contribution in [-0.2, 0) is 7.05 Å². The Hall–Kier alpha value is -1.03. The van der Waals surface area contributed by atoms with Gasteiger partial charge in [0.25, 0.3) is 0 Å². The lowest BCUT2D eigenvalue weighted by Crippen LogP contribution is -2.42. The second-order valence-electron chi connectivity index (χ2n) is 5.04. The van der Waals surface area contributed by atoms with Crippen LogP contribution in [0.2, 0.25) is 0 Å². The molecule has 0 amide bonds. The summed E-state index contributed by atoms with van der Waals surface area (Å²) >= 11 is 0. The molecule has 4 nitrogen and oxygen atoms in total. The van der Waals surface area contributed by atoms with Gasteiger partial charge in [0, 0.05) is 31.7 Å². The first-order chi connectivity index (χ1) is 7.83. The molecule has 2 atom stereocenters. The molecule has 4 heteroatoms. The number of hydrogen-bond donors (Lipinski definition) is 1. The van der Waals surface area contributed by atoms with E-state index in [2.05, 4.69) is 21.4 Å². The van der Waals surface area contributed by atoms with Crippen molar-refractivity contribution >= 4 is 5.82 Å². The van der Waals surface area contributed by atoms with Crippen molar-refractivity contribution in [2.45, 2.75) is 37.8 Å². The maximum atomic E-state index is 4.19. The highest BCUT2D eigenvalue weighted by Crippen LogP contribution is 2.28. The van der Waals surface area contributed by atoms with Crippen LogP contribution in [0.15, 0.2) is 12.3 Å². The van der Waals surface area contributed by atoms with E-state index in [-0.39, 0.29) is 0 Å². The fourth-order valence-corrected chi connectivity index (χ4v) is 3.08.